The lowest BCUT2D eigenvalue weighted by Crippen LogP contribution is -2.31. The summed E-state index contributed by atoms with van der Waals surface area (Å²) in [6.45, 7) is 7.38. The van der Waals surface area contributed by atoms with Gasteiger partial charge in [0.1, 0.15) is 5.75 Å². The van der Waals surface area contributed by atoms with Gasteiger partial charge < -0.3 is 19.5 Å². The first-order valence-electron chi connectivity index (χ1n) is 15.0. The number of carboxylic acid groups (broad SMARTS) is 1. The standard InChI is InChI=1S/C34H37F6N3O4/c1-20(2)22-6-7-29(46-5)28(12-22)27-8-9-32(3,4)14-23(27)18-43(31-41-15-26(16-42-31)47-19-30(44)45)17-21-10-24(33(35,36)37)13-25(11-21)34(38,39)40/h6-7,10-13,15-16,20H,8-9,14,17-19H2,1-5H3,(H,44,45). The van der Waals surface area contributed by atoms with Crippen molar-refractivity contribution in [3.05, 3.63) is 82.2 Å². The molecule has 0 atom stereocenters. The minimum absolute atomic E-state index is 0.0109. The second-order valence-electron chi connectivity index (χ2n) is 12.7. The highest BCUT2D eigenvalue weighted by molar-refractivity contribution is 5.75. The number of benzene rings is 2. The number of ether oxygens (including phenoxy) is 2. The molecule has 3 aromatic rings. The number of aromatic nitrogens is 2. The minimum atomic E-state index is -5.01. The highest BCUT2D eigenvalue weighted by atomic mass is 19.4. The van der Waals surface area contributed by atoms with E-state index in [0.29, 0.717) is 30.7 Å². The van der Waals surface area contributed by atoms with Crippen LogP contribution in [0, 0.1) is 5.41 Å². The van der Waals surface area contributed by atoms with E-state index in [2.05, 4.69) is 43.7 Å². The van der Waals surface area contributed by atoms with Gasteiger partial charge in [-0.3, -0.25) is 0 Å². The van der Waals surface area contributed by atoms with E-state index in [1.807, 2.05) is 12.1 Å². The van der Waals surface area contributed by atoms with E-state index in [0.717, 1.165) is 28.7 Å². The van der Waals surface area contributed by atoms with Gasteiger partial charge in [0.05, 0.1) is 30.6 Å². The van der Waals surface area contributed by atoms with Crippen LogP contribution in [0.5, 0.6) is 11.5 Å². The first kappa shape index (κ1) is 35.6. The van der Waals surface area contributed by atoms with Crippen molar-refractivity contribution in [2.45, 2.75) is 71.8 Å². The summed E-state index contributed by atoms with van der Waals surface area (Å²) in [6.07, 6.45) is -5.51. The van der Waals surface area contributed by atoms with Crippen molar-refractivity contribution in [3.63, 3.8) is 0 Å². The lowest BCUT2D eigenvalue weighted by molar-refractivity contribution is -0.143. The summed E-state index contributed by atoms with van der Waals surface area (Å²) in [7, 11) is 1.57. The van der Waals surface area contributed by atoms with E-state index in [9.17, 15) is 31.1 Å². The van der Waals surface area contributed by atoms with Gasteiger partial charge in [-0.1, -0.05) is 33.8 Å². The summed E-state index contributed by atoms with van der Waals surface area (Å²) < 4.78 is 93.3. The molecular formula is C34H37F6N3O4. The molecule has 0 saturated heterocycles. The van der Waals surface area contributed by atoms with Crippen molar-refractivity contribution in [3.8, 4) is 11.5 Å². The molecular weight excluding hydrogens is 628 g/mol. The second-order valence-corrected chi connectivity index (χ2v) is 12.7. The zero-order chi connectivity index (χ0) is 34.7. The number of nitrogens with zero attached hydrogens (tertiary/aromatic N) is 3. The lowest BCUT2D eigenvalue weighted by Gasteiger charge is -2.36. The largest absolute Gasteiger partial charge is 0.496 e. The van der Waals surface area contributed by atoms with E-state index in [1.165, 1.54) is 17.3 Å². The van der Waals surface area contributed by atoms with Crippen molar-refractivity contribution in [1.29, 1.82) is 0 Å². The molecule has 4 rings (SSSR count). The molecule has 0 spiro atoms. The van der Waals surface area contributed by atoms with Crippen LogP contribution in [0.15, 0.2) is 54.4 Å². The van der Waals surface area contributed by atoms with Crippen molar-refractivity contribution >= 4 is 17.5 Å². The maximum atomic E-state index is 13.7. The van der Waals surface area contributed by atoms with Gasteiger partial charge >= 0.3 is 18.3 Å². The van der Waals surface area contributed by atoms with Crippen molar-refractivity contribution < 1.29 is 45.7 Å². The molecule has 1 aliphatic carbocycles. The second kappa shape index (κ2) is 13.8. The Balaban J connectivity index is 1.86. The average Bonchev–Trinajstić information content (AvgIpc) is 2.98. The third kappa shape index (κ3) is 9.17. The number of hydrogen-bond acceptors (Lipinski definition) is 6. The Morgan fingerprint density at radius 3 is 2.13 bits per heavy atom. The van der Waals surface area contributed by atoms with Crippen LogP contribution in [0.2, 0.25) is 0 Å². The van der Waals surface area contributed by atoms with Crippen LogP contribution < -0.4 is 14.4 Å². The molecule has 0 unspecified atom stereocenters. The number of allylic oxidation sites excluding steroid dienone is 1. The zero-order valence-electron chi connectivity index (χ0n) is 26.7. The van der Waals surface area contributed by atoms with Crippen molar-refractivity contribution in [1.82, 2.24) is 9.97 Å². The van der Waals surface area contributed by atoms with Gasteiger partial charge in [0.15, 0.2) is 12.4 Å². The van der Waals surface area contributed by atoms with Crippen LogP contribution in [0.25, 0.3) is 5.57 Å². The van der Waals surface area contributed by atoms with Gasteiger partial charge in [-0.2, -0.15) is 26.3 Å². The van der Waals surface area contributed by atoms with Gasteiger partial charge in [0, 0.05) is 18.7 Å². The number of aliphatic carboxylic acids is 1. The summed E-state index contributed by atoms with van der Waals surface area (Å²) in [6, 6.07) is 7.43. The van der Waals surface area contributed by atoms with Gasteiger partial charge in [0.25, 0.3) is 0 Å². The number of carbonyl (C=O) groups is 1. The zero-order valence-corrected chi connectivity index (χ0v) is 26.7. The predicted octanol–water partition coefficient (Wildman–Crippen LogP) is 8.78. The van der Waals surface area contributed by atoms with Crippen LogP contribution in [0.3, 0.4) is 0 Å². The molecule has 1 N–H and O–H groups in total. The Morgan fingerprint density at radius 2 is 1.60 bits per heavy atom. The van der Waals surface area contributed by atoms with E-state index < -0.39 is 36.1 Å². The topological polar surface area (TPSA) is 84.8 Å². The summed E-state index contributed by atoms with van der Waals surface area (Å²) >= 11 is 0. The third-order valence-corrected chi connectivity index (χ3v) is 8.05. The van der Waals surface area contributed by atoms with Gasteiger partial charge in [-0.05, 0) is 83.2 Å². The first-order valence-corrected chi connectivity index (χ1v) is 15.0. The van der Waals surface area contributed by atoms with E-state index in [4.69, 9.17) is 14.6 Å². The maximum absolute atomic E-state index is 13.7. The van der Waals surface area contributed by atoms with Gasteiger partial charge in [-0.25, -0.2) is 14.8 Å². The number of alkyl halides is 6. The fourth-order valence-electron chi connectivity index (χ4n) is 5.66. The molecule has 47 heavy (non-hydrogen) atoms. The Bertz CT molecular complexity index is 1580. The predicted molar refractivity (Wildman–Crippen MR) is 164 cm³/mol. The molecule has 0 fully saturated rings. The molecule has 2 aromatic carbocycles. The molecule has 7 nitrogen and oxygen atoms in total. The van der Waals surface area contributed by atoms with Crippen LogP contribution in [0.4, 0.5) is 32.3 Å². The number of anilines is 1. The quantitative estimate of drug-likeness (QED) is 0.205. The van der Waals surface area contributed by atoms with Crippen LogP contribution in [-0.2, 0) is 23.7 Å². The molecule has 0 bridgehead atoms. The maximum Gasteiger partial charge on any atom is 0.416 e. The molecule has 13 heteroatoms. The van der Waals surface area contributed by atoms with Crippen LogP contribution >= 0.6 is 0 Å². The van der Waals surface area contributed by atoms with Crippen molar-refractivity contribution in [2.24, 2.45) is 5.41 Å². The molecule has 1 heterocycles. The SMILES string of the molecule is COc1ccc(C(C)C)cc1C1=C(CN(Cc2cc(C(F)(F)F)cc(C(F)(F)F)c2)c2ncc(OCC(=O)O)cn2)CC(C)(C)CC1. The normalized spacial score (nSPS) is 15.1. The smallest absolute Gasteiger partial charge is 0.416 e. The summed E-state index contributed by atoms with van der Waals surface area (Å²) in [5, 5.41) is 8.92. The number of methoxy groups -OCH3 is 1. The van der Waals surface area contributed by atoms with E-state index in [-0.39, 0.29) is 47.8 Å². The highest BCUT2D eigenvalue weighted by Gasteiger charge is 2.37. The molecule has 0 saturated carbocycles. The number of carboxylic acids is 1. The third-order valence-electron chi connectivity index (χ3n) is 8.05. The van der Waals surface area contributed by atoms with Crippen LogP contribution in [-0.4, -0.2) is 41.3 Å². The fraction of sp³-hybridized carbons (Fsp3) is 0.441. The molecule has 1 aromatic heterocycles. The summed E-state index contributed by atoms with van der Waals surface area (Å²) in [5.74, 6) is -0.312. The van der Waals surface area contributed by atoms with Crippen molar-refractivity contribution in [2.75, 3.05) is 25.2 Å². The van der Waals surface area contributed by atoms with E-state index >= 15 is 0 Å². The number of hydrogen-bond donors (Lipinski definition) is 1. The number of rotatable bonds is 11. The molecule has 0 aliphatic heterocycles. The van der Waals surface area contributed by atoms with Crippen LogP contribution in [0.1, 0.15) is 80.7 Å². The highest BCUT2D eigenvalue weighted by Crippen LogP contribution is 2.46. The Kier molecular flexibility index (Phi) is 10.5. The van der Waals surface area contributed by atoms with E-state index in [1.54, 1.807) is 7.11 Å². The summed E-state index contributed by atoms with van der Waals surface area (Å²) in [5.41, 5.74) is 0.623. The molecule has 0 radical (unpaired) electrons. The molecule has 1 aliphatic rings. The summed E-state index contributed by atoms with van der Waals surface area (Å²) in [4.78, 5) is 21.0. The molecule has 0 amide bonds. The van der Waals surface area contributed by atoms with Gasteiger partial charge in [-0.15, -0.1) is 0 Å². The fourth-order valence-corrected chi connectivity index (χ4v) is 5.66. The Hall–Kier alpha value is -4.29. The number of halogens is 6. The first-order chi connectivity index (χ1) is 21.9. The van der Waals surface area contributed by atoms with Gasteiger partial charge in [0.2, 0.25) is 5.95 Å². The molecule has 254 valence electrons. The Labute approximate surface area is 269 Å². The average molecular weight is 666 g/mol. The lowest BCUT2D eigenvalue weighted by atomic mass is 9.72. The minimum Gasteiger partial charge on any atom is -0.496 e. The Morgan fingerprint density at radius 1 is 0.979 bits per heavy atom. The monoisotopic (exact) mass is 665 g/mol.